The first-order chi connectivity index (χ1) is 7.73. The van der Waals surface area contributed by atoms with E-state index in [0.29, 0.717) is 11.3 Å². The van der Waals surface area contributed by atoms with Gasteiger partial charge in [-0.15, -0.1) is 0 Å². The Bertz CT molecular complexity index is 286. The molecule has 0 radical (unpaired) electrons. The van der Waals surface area contributed by atoms with E-state index in [4.69, 9.17) is 0 Å². The highest BCUT2D eigenvalue weighted by molar-refractivity contribution is 5.82. The average molecular weight is 240 g/mol. The van der Waals surface area contributed by atoms with Crippen molar-refractivity contribution in [3.8, 4) is 0 Å². The van der Waals surface area contributed by atoms with Crippen molar-refractivity contribution < 1.29 is 4.79 Å². The third-order valence-corrected chi connectivity index (χ3v) is 4.38. The normalized spacial score (nSPS) is 25.7. The molecule has 1 N–H and O–H groups in total. The monoisotopic (exact) mass is 240 g/mol. The molecule has 0 spiro atoms. The lowest BCUT2D eigenvalue weighted by molar-refractivity contribution is -0.139. The maximum absolute atomic E-state index is 12.5. The van der Waals surface area contributed by atoms with Gasteiger partial charge in [-0.3, -0.25) is 4.79 Å². The molecule has 1 amide bonds. The second-order valence-electron chi connectivity index (χ2n) is 6.70. The molecule has 0 bridgehead atoms. The van der Waals surface area contributed by atoms with Gasteiger partial charge in [-0.2, -0.15) is 0 Å². The van der Waals surface area contributed by atoms with E-state index in [2.05, 4.69) is 31.0 Å². The SMILES string of the molecule is CNCC(C)(C)C(=O)N1CC[C@](C)(C(C)C)C1. The first-order valence-corrected chi connectivity index (χ1v) is 6.67. The minimum absolute atomic E-state index is 0.288. The third kappa shape index (κ3) is 3.01. The van der Waals surface area contributed by atoms with Gasteiger partial charge >= 0.3 is 0 Å². The van der Waals surface area contributed by atoms with Crippen LogP contribution < -0.4 is 5.32 Å². The standard InChI is InChI=1S/C14H28N2O/c1-11(2)14(5)7-8-16(10-14)12(17)13(3,4)9-15-6/h11,15H,7-10H2,1-6H3/t14-/m0/s1. The smallest absolute Gasteiger partial charge is 0.229 e. The molecular weight excluding hydrogens is 212 g/mol. The third-order valence-electron chi connectivity index (χ3n) is 4.38. The predicted octanol–water partition coefficient (Wildman–Crippen LogP) is 2.13. The van der Waals surface area contributed by atoms with Gasteiger partial charge in [0.05, 0.1) is 5.41 Å². The molecular formula is C14H28N2O. The predicted molar refractivity (Wildman–Crippen MR) is 71.8 cm³/mol. The van der Waals surface area contributed by atoms with Gasteiger partial charge in [0.2, 0.25) is 5.91 Å². The van der Waals surface area contributed by atoms with E-state index in [1.807, 2.05) is 20.9 Å². The van der Waals surface area contributed by atoms with E-state index in [1.165, 1.54) is 0 Å². The van der Waals surface area contributed by atoms with Crippen LogP contribution in [0.3, 0.4) is 0 Å². The fraction of sp³-hybridized carbons (Fsp3) is 0.929. The van der Waals surface area contributed by atoms with E-state index in [1.54, 1.807) is 0 Å². The zero-order valence-electron chi connectivity index (χ0n) is 12.3. The highest BCUT2D eigenvalue weighted by Gasteiger charge is 2.41. The molecule has 0 aromatic carbocycles. The molecule has 0 aromatic rings. The van der Waals surface area contributed by atoms with Gasteiger partial charge < -0.3 is 10.2 Å². The maximum Gasteiger partial charge on any atom is 0.229 e. The van der Waals surface area contributed by atoms with Crippen LogP contribution in [0.25, 0.3) is 0 Å². The molecule has 1 rings (SSSR count). The van der Waals surface area contributed by atoms with Crippen LogP contribution in [0.15, 0.2) is 0 Å². The van der Waals surface area contributed by atoms with E-state index in [0.717, 1.165) is 26.1 Å². The molecule has 0 unspecified atom stereocenters. The number of nitrogens with one attached hydrogen (secondary N) is 1. The van der Waals surface area contributed by atoms with Crippen molar-refractivity contribution in [2.24, 2.45) is 16.7 Å². The number of carbonyl (C=O) groups is 1. The summed E-state index contributed by atoms with van der Waals surface area (Å²) in [6.07, 6.45) is 1.13. The molecule has 1 saturated heterocycles. The highest BCUT2D eigenvalue weighted by Crippen LogP contribution is 2.38. The van der Waals surface area contributed by atoms with Gasteiger partial charge in [-0.25, -0.2) is 0 Å². The Kier molecular flexibility index (Phi) is 4.23. The maximum atomic E-state index is 12.5. The Morgan fingerprint density at radius 1 is 1.47 bits per heavy atom. The molecule has 17 heavy (non-hydrogen) atoms. The van der Waals surface area contributed by atoms with Crippen LogP contribution in [-0.4, -0.2) is 37.5 Å². The van der Waals surface area contributed by atoms with Crippen molar-refractivity contribution in [2.45, 2.75) is 41.0 Å². The quantitative estimate of drug-likeness (QED) is 0.816. The molecule has 1 aliphatic heterocycles. The van der Waals surface area contributed by atoms with Gasteiger partial charge in [-0.1, -0.05) is 20.8 Å². The summed E-state index contributed by atoms with van der Waals surface area (Å²) in [7, 11) is 1.90. The first kappa shape index (κ1) is 14.5. The van der Waals surface area contributed by atoms with Gasteiger partial charge in [0.15, 0.2) is 0 Å². The molecule has 0 aliphatic carbocycles. The summed E-state index contributed by atoms with van der Waals surface area (Å²) in [6.45, 7) is 13.4. The number of nitrogens with zero attached hydrogens (tertiary/aromatic N) is 1. The van der Waals surface area contributed by atoms with Crippen LogP contribution in [0.1, 0.15) is 41.0 Å². The zero-order valence-corrected chi connectivity index (χ0v) is 12.3. The Hall–Kier alpha value is -0.570. The van der Waals surface area contributed by atoms with Crippen molar-refractivity contribution in [3.63, 3.8) is 0 Å². The van der Waals surface area contributed by atoms with E-state index >= 15 is 0 Å². The molecule has 100 valence electrons. The van der Waals surface area contributed by atoms with E-state index in [9.17, 15) is 4.79 Å². The number of hydrogen-bond donors (Lipinski definition) is 1. The Balaban J connectivity index is 2.69. The Morgan fingerprint density at radius 3 is 2.47 bits per heavy atom. The van der Waals surface area contributed by atoms with E-state index < -0.39 is 0 Å². The van der Waals surface area contributed by atoms with Crippen molar-refractivity contribution >= 4 is 5.91 Å². The highest BCUT2D eigenvalue weighted by atomic mass is 16.2. The van der Waals surface area contributed by atoms with Crippen molar-refractivity contribution in [1.29, 1.82) is 0 Å². The molecule has 1 aliphatic rings. The van der Waals surface area contributed by atoms with Crippen LogP contribution in [0.2, 0.25) is 0 Å². The summed E-state index contributed by atoms with van der Waals surface area (Å²) in [5.41, 5.74) is 0.00234. The second kappa shape index (κ2) is 4.97. The number of amides is 1. The summed E-state index contributed by atoms with van der Waals surface area (Å²) >= 11 is 0. The van der Waals surface area contributed by atoms with Crippen LogP contribution in [0.5, 0.6) is 0 Å². The number of carbonyl (C=O) groups excluding carboxylic acids is 1. The van der Waals surface area contributed by atoms with Crippen LogP contribution in [-0.2, 0) is 4.79 Å². The molecule has 1 fully saturated rings. The number of rotatable bonds is 4. The molecule has 1 atom stereocenters. The minimum atomic E-state index is -0.295. The van der Waals surface area contributed by atoms with Gasteiger partial charge in [0.1, 0.15) is 0 Å². The summed E-state index contributed by atoms with van der Waals surface area (Å²) in [4.78, 5) is 14.5. The Labute approximate surface area is 106 Å². The summed E-state index contributed by atoms with van der Waals surface area (Å²) in [5, 5.41) is 3.11. The van der Waals surface area contributed by atoms with Crippen LogP contribution >= 0.6 is 0 Å². The summed E-state index contributed by atoms with van der Waals surface area (Å²) in [5.74, 6) is 0.920. The van der Waals surface area contributed by atoms with Crippen LogP contribution in [0, 0.1) is 16.7 Å². The van der Waals surface area contributed by atoms with Gasteiger partial charge in [0.25, 0.3) is 0 Å². The first-order valence-electron chi connectivity index (χ1n) is 6.67. The molecule has 3 heteroatoms. The van der Waals surface area contributed by atoms with Crippen LogP contribution in [0.4, 0.5) is 0 Å². The fourth-order valence-corrected chi connectivity index (χ4v) is 2.57. The van der Waals surface area contributed by atoms with Gasteiger partial charge in [0, 0.05) is 19.6 Å². The molecule has 3 nitrogen and oxygen atoms in total. The molecule has 0 aromatic heterocycles. The lowest BCUT2D eigenvalue weighted by Gasteiger charge is -2.32. The van der Waals surface area contributed by atoms with Crippen molar-refractivity contribution in [2.75, 3.05) is 26.7 Å². The summed E-state index contributed by atoms with van der Waals surface area (Å²) in [6, 6.07) is 0. The van der Waals surface area contributed by atoms with E-state index in [-0.39, 0.29) is 11.3 Å². The lowest BCUT2D eigenvalue weighted by atomic mass is 9.78. The molecule has 1 heterocycles. The largest absolute Gasteiger partial charge is 0.342 e. The zero-order chi connectivity index (χ0) is 13.3. The minimum Gasteiger partial charge on any atom is -0.342 e. The van der Waals surface area contributed by atoms with Crippen molar-refractivity contribution in [3.05, 3.63) is 0 Å². The lowest BCUT2D eigenvalue weighted by Crippen LogP contribution is -2.45. The van der Waals surface area contributed by atoms with Crippen molar-refractivity contribution in [1.82, 2.24) is 10.2 Å². The average Bonchev–Trinajstić information content (AvgIpc) is 2.61. The fourth-order valence-electron chi connectivity index (χ4n) is 2.57. The summed E-state index contributed by atoms with van der Waals surface area (Å²) < 4.78 is 0. The van der Waals surface area contributed by atoms with Gasteiger partial charge in [-0.05, 0) is 38.6 Å². The number of hydrogen-bond acceptors (Lipinski definition) is 2. The Morgan fingerprint density at radius 2 is 2.06 bits per heavy atom. The second-order valence-corrected chi connectivity index (χ2v) is 6.70. The topological polar surface area (TPSA) is 32.3 Å². The number of likely N-dealkylation sites (tertiary alicyclic amines) is 1. The molecule has 0 saturated carbocycles.